The van der Waals surface area contributed by atoms with Gasteiger partial charge in [0, 0.05) is 36.9 Å². The lowest BCUT2D eigenvalue weighted by Gasteiger charge is -2.41. The molecule has 2 aromatic carbocycles. The predicted octanol–water partition coefficient (Wildman–Crippen LogP) is 2.65. The van der Waals surface area contributed by atoms with Crippen molar-refractivity contribution >= 4 is 27.5 Å². The maximum absolute atomic E-state index is 14.1. The number of sulfonamides is 1. The molecule has 0 unspecified atom stereocenters. The zero-order chi connectivity index (χ0) is 26.2. The van der Waals surface area contributed by atoms with Crippen LogP contribution in [0.5, 0.6) is 0 Å². The minimum atomic E-state index is -3.83. The summed E-state index contributed by atoms with van der Waals surface area (Å²) < 4.78 is 28.6. The Bertz CT molecular complexity index is 1270. The topological polar surface area (TPSA) is 131 Å². The lowest BCUT2D eigenvalue weighted by Crippen LogP contribution is -2.50. The Hall–Kier alpha value is -2.95. The third kappa shape index (κ3) is 5.10. The molecule has 3 aliphatic rings. The molecule has 2 aliphatic heterocycles. The van der Waals surface area contributed by atoms with Crippen LogP contribution in [0, 0.1) is 11.8 Å². The summed E-state index contributed by atoms with van der Waals surface area (Å²) >= 11 is 0. The second-order valence-corrected chi connectivity index (χ2v) is 11.8. The number of nitrogens with two attached hydrogens (primary N) is 1. The minimum Gasteiger partial charge on any atom is -0.383 e. The molecule has 0 aromatic heterocycles. The van der Waals surface area contributed by atoms with Crippen molar-refractivity contribution in [2.45, 2.75) is 55.1 Å². The van der Waals surface area contributed by atoms with Crippen molar-refractivity contribution < 1.29 is 22.7 Å². The predicted molar refractivity (Wildman–Crippen MR) is 139 cm³/mol. The molecule has 0 spiro atoms. The highest BCUT2D eigenvalue weighted by molar-refractivity contribution is 7.89. The molecule has 2 fully saturated rings. The van der Waals surface area contributed by atoms with Gasteiger partial charge < -0.3 is 20.3 Å². The summed E-state index contributed by atoms with van der Waals surface area (Å²) in [5.41, 5.74) is 2.51. The summed E-state index contributed by atoms with van der Waals surface area (Å²) in [6, 6.07) is 13.5. The highest BCUT2D eigenvalue weighted by Gasteiger charge is 2.48. The van der Waals surface area contributed by atoms with Crippen LogP contribution in [0.1, 0.15) is 54.1 Å². The van der Waals surface area contributed by atoms with E-state index in [0.717, 1.165) is 43.4 Å². The third-order valence-electron chi connectivity index (χ3n) is 8.06. The first-order chi connectivity index (χ1) is 17.8. The molecule has 2 heterocycles. The molecule has 198 valence electrons. The molecule has 1 aliphatic carbocycles. The van der Waals surface area contributed by atoms with Crippen LogP contribution in [0.15, 0.2) is 53.4 Å². The number of ether oxygens (including phenoxy) is 1. The van der Waals surface area contributed by atoms with Crippen molar-refractivity contribution in [2.24, 2.45) is 17.0 Å². The third-order valence-corrected chi connectivity index (χ3v) is 8.99. The summed E-state index contributed by atoms with van der Waals surface area (Å²) in [7, 11) is -2.13. The number of amides is 2. The molecule has 1 saturated heterocycles. The fraction of sp³-hybridized carbons (Fsp3) is 0.481. The van der Waals surface area contributed by atoms with Crippen molar-refractivity contribution in [3.05, 3.63) is 59.7 Å². The van der Waals surface area contributed by atoms with Gasteiger partial charge >= 0.3 is 0 Å². The molecule has 5 atom stereocenters. The number of methoxy groups -OCH3 is 1. The molecule has 2 amide bonds. The molecule has 37 heavy (non-hydrogen) atoms. The summed E-state index contributed by atoms with van der Waals surface area (Å²) in [6.45, 7) is 1.25. The number of fused-ring (bicyclic) bond motifs is 3. The number of hydrogen-bond acceptors (Lipinski definition) is 6. The number of nitrogens with zero attached hydrogens (tertiary/aromatic N) is 1. The van der Waals surface area contributed by atoms with Gasteiger partial charge in [0.15, 0.2) is 0 Å². The Morgan fingerprint density at radius 1 is 1.08 bits per heavy atom. The van der Waals surface area contributed by atoms with Crippen molar-refractivity contribution in [1.82, 2.24) is 10.2 Å². The average molecular weight is 527 g/mol. The minimum absolute atomic E-state index is 0.0193. The van der Waals surface area contributed by atoms with Crippen LogP contribution >= 0.6 is 0 Å². The van der Waals surface area contributed by atoms with E-state index in [1.165, 1.54) is 24.3 Å². The zero-order valence-electron chi connectivity index (χ0n) is 20.9. The summed E-state index contributed by atoms with van der Waals surface area (Å²) in [5.74, 6) is -0.275. The molecule has 0 bridgehead atoms. The van der Waals surface area contributed by atoms with Crippen molar-refractivity contribution in [3.8, 4) is 0 Å². The average Bonchev–Trinajstić information content (AvgIpc) is 3.34. The van der Waals surface area contributed by atoms with Crippen LogP contribution in [0.25, 0.3) is 0 Å². The van der Waals surface area contributed by atoms with Crippen LogP contribution in [-0.2, 0) is 19.6 Å². The fourth-order valence-electron chi connectivity index (χ4n) is 6.28. The molecule has 2 aromatic rings. The van der Waals surface area contributed by atoms with E-state index >= 15 is 0 Å². The lowest BCUT2D eigenvalue weighted by molar-refractivity contribution is -0.139. The molecule has 5 rings (SSSR count). The Labute approximate surface area is 217 Å². The van der Waals surface area contributed by atoms with Gasteiger partial charge in [0.1, 0.15) is 0 Å². The van der Waals surface area contributed by atoms with Gasteiger partial charge in [0.05, 0.1) is 29.5 Å². The van der Waals surface area contributed by atoms with Gasteiger partial charge in [0.25, 0.3) is 5.91 Å². The number of carbonyl (C=O) groups is 2. The van der Waals surface area contributed by atoms with E-state index < -0.39 is 10.0 Å². The smallest absolute Gasteiger partial charge is 0.251 e. The number of anilines is 1. The number of carbonyl (C=O) groups excluding carboxylic acids is 2. The quantitative estimate of drug-likeness (QED) is 0.531. The molecule has 0 radical (unpaired) electrons. The largest absolute Gasteiger partial charge is 0.383 e. The Kier molecular flexibility index (Phi) is 7.24. The van der Waals surface area contributed by atoms with E-state index in [4.69, 9.17) is 9.88 Å². The number of hydrogen-bond donors (Lipinski definition) is 3. The van der Waals surface area contributed by atoms with Gasteiger partial charge in [-0.1, -0.05) is 31.0 Å². The Balaban J connectivity index is 1.35. The zero-order valence-corrected chi connectivity index (χ0v) is 21.7. The molecular formula is C27H34N4O5S. The van der Waals surface area contributed by atoms with Crippen LogP contribution in [0.3, 0.4) is 0 Å². The van der Waals surface area contributed by atoms with Crippen molar-refractivity contribution in [3.63, 3.8) is 0 Å². The Morgan fingerprint density at radius 3 is 2.54 bits per heavy atom. The van der Waals surface area contributed by atoms with Crippen LogP contribution in [0.2, 0.25) is 0 Å². The summed E-state index contributed by atoms with van der Waals surface area (Å²) in [5, 5.41) is 11.8. The lowest BCUT2D eigenvalue weighted by atomic mass is 9.81. The van der Waals surface area contributed by atoms with E-state index in [2.05, 4.69) is 22.8 Å². The molecule has 1 saturated carbocycles. The molecule has 4 N–H and O–H groups in total. The number of para-hydroxylation sites is 1. The Morgan fingerprint density at radius 2 is 1.81 bits per heavy atom. The van der Waals surface area contributed by atoms with Gasteiger partial charge in [-0.05, 0) is 55.2 Å². The van der Waals surface area contributed by atoms with E-state index in [1.807, 2.05) is 17.0 Å². The first-order valence-electron chi connectivity index (χ1n) is 12.9. The highest BCUT2D eigenvalue weighted by Crippen LogP contribution is 2.47. The van der Waals surface area contributed by atoms with Gasteiger partial charge in [-0.3, -0.25) is 9.59 Å². The first-order valence-corrected chi connectivity index (χ1v) is 14.4. The van der Waals surface area contributed by atoms with E-state index in [9.17, 15) is 18.0 Å². The maximum atomic E-state index is 14.1. The van der Waals surface area contributed by atoms with Crippen molar-refractivity contribution in [2.75, 3.05) is 25.6 Å². The summed E-state index contributed by atoms with van der Waals surface area (Å²) in [4.78, 5) is 29.1. The summed E-state index contributed by atoms with van der Waals surface area (Å²) in [6.07, 6.45) is 4.23. The number of likely N-dealkylation sites (tertiary alicyclic amines) is 1. The molecule has 9 nitrogen and oxygen atoms in total. The van der Waals surface area contributed by atoms with Gasteiger partial charge in [0.2, 0.25) is 15.9 Å². The van der Waals surface area contributed by atoms with Gasteiger partial charge in [-0.25, -0.2) is 13.6 Å². The van der Waals surface area contributed by atoms with E-state index in [-0.39, 0.29) is 46.7 Å². The van der Waals surface area contributed by atoms with E-state index in [1.54, 1.807) is 7.11 Å². The highest BCUT2D eigenvalue weighted by atomic mass is 32.2. The number of benzene rings is 2. The van der Waals surface area contributed by atoms with E-state index in [0.29, 0.717) is 18.7 Å². The second-order valence-electron chi connectivity index (χ2n) is 10.3. The van der Waals surface area contributed by atoms with Crippen LogP contribution < -0.4 is 15.8 Å². The normalized spacial score (nSPS) is 27.1. The van der Waals surface area contributed by atoms with Gasteiger partial charge in [-0.2, -0.15) is 0 Å². The SMILES string of the molecule is COC[C@@H]1Nc2ccccc2[C@H]2[C@@H]1CCN2C(=O)[C@H]1CCCC[C@H]1NC(=O)c1ccc(S(N)(=O)=O)cc1. The second kappa shape index (κ2) is 10.4. The monoisotopic (exact) mass is 526 g/mol. The fourth-order valence-corrected chi connectivity index (χ4v) is 6.80. The number of rotatable bonds is 6. The van der Waals surface area contributed by atoms with Crippen LogP contribution in [-0.4, -0.2) is 57.5 Å². The van der Waals surface area contributed by atoms with Gasteiger partial charge in [-0.15, -0.1) is 0 Å². The standard InChI is InChI=1S/C27H34N4O5S/c1-36-16-24-20-14-15-31(25(20)19-6-2-4-8-22(19)29-24)27(33)21-7-3-5-9-23(21)30-26(32)17-10-12-18(13-11-17)37(28,34)35/h2,4,6,8,10-13,20-21,23-25,29H,3,5,7,9,14-16H2,1H3,(H,30,32)(H2,28,34,35)/t20-,21+,23-,24+,25+/m1/s1. The molecule has 10 heteroatoms. The maximum Gasteiger partial charge on any atom is 0.251 e. The van der Waals surface area contributed by atoms with Crippen LogP contribution in [0.4, 0.5) is 5.69 Å². The molecular weight excluding hydrogens is 492 g/mol. The van der Waals surface area contributed by atoms with Crippen molar-refractivity contribution in [1.29, 1.82) is 0 Å². The first kappa shape index (κ1) is 25.7. The number of primary sulfonamides is 1. The number of nitrogens with one attached hydrogen (secondary N) is 2.